The molecule has 0 aromatic carbocycles. The van der Waals surface area contributed by atoms with E-state index in [9.17, 15) is 29.4 Å². The van der Waals surface area contributed by atoms with Crippen molar-refractivity contribution in [3.05, 3.63) is 54.3 Å². The molecular weight excluding hydrogens is 684 g/mol. The summed E-state index contributed by atoms with van der Waals surface area (Å²) in [6, 6.07) is 0. The number of hydrogen-bond donors (Lipinski definition) is 2. The average Bonchev–Trinajstić information content (AvgIpc) is 3.73. The molecular formula is C32H50N10O10. The van der Waals surface area contributed by atoms with Crippen LogP contribution in [-0.2, 0) is 60.2 Å². The van der Waals surface area contributed by atoms with Crippen molar-refractivity contribution < 1.29 is 29.2 Å². The van der Waals surface area contributed by atoms with Crippen molar-refractivity contribution in [3.8, 4) is 0 Å². The first kappa shape index (κ1) is 39.2. The predicted octanol–water partition coefficient (Wildman–Crippen LogP) is -3.71. The molecule has 0 amide bonds. The van der Waals surface area contributed by atoms with Gasteiger partial charge in [-0.3, -0.25) is 37.7 Å². The van der Waals surface area contributed by atoms with Crippen molar-refractivity contribution in [3.63, 3.8) is 0 Å². The van der Waals surface area contributed by atoms with Crippen LogP contribution >= 0.6 is 0 Å². The second kappa shape index (κ2) is 18.1. The van der Waals surface area contributed by atoms with Gasteiger partial charge in [0.25, 0.3) is 11.1 Å². The minimum Gasteiger partial charge on any atom is -0.390 e. The van der Waals surface area contributed by atoms with Gasteiger partial charge in [0.05, 0.1) is 90.8 Å². The molecule has 0 spiro atoms. The van der Waals surface area contributed by atoms with Gasteiger partial charge in [0.15, 0.2) is 22.3 Å². The molecule has 20 nitrogen and oxygen atoms in total. The number of fused-ring (bicyclic) bond motifs is 2. The maximum atomic E-state index is 12.8. The lowest BCUT2D eigenvalue weighted by Crippen LogP contribution is -2.40. The second-order valence-corrected chi connectivity index (χ2v) is 12.9. The van der Waals surface area contributed by atoms with E-state index in [0.717, 1.165) is 9.13 Å². The molecule has 0 bridgehead atoms. The van der Waals surface area contributed by atoms with E-state index in [1.165, 1.54) is 35.9 Å². The van der Waals surface area contributed by atoms with E-state index in [0.29, 0.717) is 92.1 Å². The molecule has 5 heterocycles. The molecule has 4 aromatic rings. The van der Waals surface area contributed by atoms with Crippen molar-refractivity contribution in [1.29, 1.82) is 0 Å². The van der Waals surface area contributed by atoms with Crippen LogP contribution in [0.4, 0.5) is 0 Å². The summed E-state index contributed by atoms with van der Waals surface area (Å²) >= 11 is 0. The molecule has 1 fully saturated rings. The highest BCUT2D eigenvalue weighted by Crippen LogP contribution is 2.09. The number of imidazole rings is 2. The summed E-state index contributed by atoms with van der Waals surface area (Å²) < 4.78 is 31.1. The van der Waals surface area contributed by atoms with Gasteiger partial charge in [-0.2, -0.15) is 0 Å². The third-order valence-corrected chi connectivity index (χ3v) is 9.14. The second-order valence-electron chi connectivity index (χ2n) is 12.9. The number of nitrogens with zero attached hydrogens (tertiary/aromatic N) is 10. The van der Waals surface area contributed by atoms with Crippen LogP contribution in [-0.4, -0.2) is 162 Å². The van der Waals surface area contributed by atoms with E-state index in [4.69, 9.17) is 18.9 Å². The molecule has 2 unspecified atom stereocenters. The summed E-state index contributed by atoms with van der Waals surface area (Å²) in [7, 11) is 5.92. The topological polar surface area (TPSA) is 208 Å². The first-order chi connectivity index (χ1) is 25.0. The van der Waals surface area contributed by atoms with Gasteiger partial charge in [-0.15, -0.1) is 0 Å². The van der Waals surface area contributed by atoms with Crippen LogP contribution in [0.1, 0.15) is 0 Å². The highest BCUT2D eigenvalue weighted by molar-refractivity contribution is 5.70. The third-order valence-electron chi connectivity index (χ3n) is 9.14. The fraction of sp³-hybridized carbons (Fsp3) is 0.688. The van der Waals surface area contributed by atoms with Crippen LogP contribution in [0.3, 0.4) is 0 Å². The SMILES string of the molecule is Cn1c(=O)c2c(ncn2CC(O)CN2CCOCCOCCN(CC(O)Cn3cnc4c3c(=O)n(C)c(=O)n4C)CCOCCOCC2)n(C)c1=O. The Morgan fingerprint density at radius 3 is 1.19 bits per heavy atom. The first-order valence-corrected chi connectivity index (χ1v) is 17.3. The van der Waals surface area contributed by atoms with E-state index < -0.39 is 34.7 Å². The highest BCUT2D eigenvalue weighted by Gasteiger charge is 2.20. The number of aliphatic hydroxyl groups is 2. The zero-order chi connectivity index (χ0) is 37.4. The van der Waals surface area contributed by atoms with Crippen LogP contribution in [0.15, 0.2) is 31.8 Å². The van der Waals surface area contributed by atoms with E-state index >= 15 is 0 Å². The summed E-state index contributed by atoms with van der Waals surface area (Å²) in [5.41, 5.74) is -0.856. The van der Waals surface area contributed by atoms with Gasteiger partial charge in [0.1, 0.15) is 0 Å². The standard InChI is InChI=1S/C32H50N10O10/c1-35-27-25(29(45)37(3)31(35)47)41(21-33-27)19-23(43)17-39-5-9-49-13-15-51-11-7-40(8-12-52-16-14-50-10-6-39)18-24(44)20-42-22-34-28-26(42)30(46)38(4)32(48)36(28)2/h21-24,43-44H,5-20H2,1-4H3. The van der Waals surface area contributed by atoms with E-state index in [1.54, 1.807) is 23.2 Å². The third kappa shape index (κ3) is 9.31. The van der Waals surface area contributed by atoms with E-state index in [1.807, 2.05) is 9.80 Å². The normalized spacial score (nSPS) is 18.4. The number of aromatic nitrogens is 8. The molecule has 4 aromatic heterocycles. The monoisotopic (exact) mass is 734 g/mol. The van der Waals surface area contributed by atoms with Crippen LogP contribution in [0.2, 0.25) is 0 Å². The Hall–Kier alpha value is -4.02. The lowest BCUT2D eigenvalue weighted by atomic mass is 10.3. The maximum absolute atomic E-state index is 12.8. The largest absolute Gasteiger partial charge is 0.390 e. The number of aryl methyl sites for hydroxylation is 2. The molecule has 1 aliphatic rings. The Balaban J connectivity index is 1.10. The molecule has 52 heavy (non-hydrogen) atoms. The van der Waals surface area contributed by atoms with E-state index in [2.05, 4.69) is 9.97 Å². The molecule has 0 saturated carbocycles. The molecule has 1 saturated heterocycles. The van der Waals surface area contributed by atoms with Gasteiger partial charge in [-0.25, -0.2) is 19.6 Å². The summed E-state index contributed by atoms with van der Waals surface area (Å²) in [6.07, 6.45) is 1.24. The Labute approximate surface area is 298 Å². The Kier molecular flexibility index (Phi) is 13.7. The van der Waals surface area contributed by atoms with Gasteiger partial charge in [-0.05, 0) is 0 Å². The quantitative estimate of drug-likeness (QED) is 0.179. The number of β-amino-alcohol motifs (C(OH)–C–C–N with tert-alkyl or cyclic N) is 2. The summed E-state index contributed by atoms with van der Waals surface area (Å²) in [6.45, 7) is 5.97. The minimum atomic E-state index is -0.841. The van der Waals surface area contributed by atoms with Crippen LogP contribution in [0.5, 0.6) is 0 Å². The van der Waals surface area contributed by atoms with Crippen molar-refractivity contribution >= 4 is 22.3 Å². The summed E-state index contributed by atoms with van der Waals surface area (Å²) in [4.78, 5) is 62.7. The van der Waals surface area contributed by atoms with Crippen molar-refractivity contribution in [2.24, 2.45) is 28.2 Å². The highest BCUT2D eigenvalue weighted by atomic mass is 16.5. The van der Waals surface area contributed by atoms with Crippen LogP contribution < -0.4 is 22.5 Å². The van der Waals surface area contributed by atoms with Crippen molar-refractivity contribution in [1.82, 2.24) is 47.2 Å². The fourth-order valence-electron chi connectivity index (χ4n) is 6.24. The molecule has 288 valence electrons. The molecule has 20 heteroatoms. The molecule has 0 radical (unpaired) electrons. The lowest BCUT2D eigenvalue weighted by Gasteiger charge is -2.26. The van der Waals surface area contributed by atoms with Gasteiger partial charge < -0.3 is 38.3 Å². The Bertz CT molecular complexity index is 1860. The summed E-state index contributed by atoms with van der Waals surface area (Å²) in [5.74, 6) is 0. The van der Waals surface area contributed by atoms with Crippen molar-refractivity contribution in [2.75, 3.05) is 92.1 Å². The van der Waals surface area contributed by atoms with Crippen LogP contribution in [0, 0.1) is 0 Å². The molecule has 0 aliphatic carbocycles. The zero-order valence-corrected chi connectivity index (χ0v) is 30.3. The fourth-order valence-corrected chi connectivity index (χ4v) is 6.24. The van der Waals surface area contributed by atoms with Crippen molar-refractivity contribution in [2.45, 2.75) is 25.3 Å². The predicted molar refractivity (Wildman–Crippen MR) is 189 cm³/mol. The number of hydrogen-bond acceptors (Lipinski definition) is 14. The first-order valence-electron chi connectivity index (χ1n) is 17.3. The van der Waals surface area contributed by atoms with Gasteiger partial charge in [-0.1, -0.05) is 0 Å². The van der Waals surface area contributed by atoms with E-state index in [-0.39, 0.29) is 35.4 Å². The molecule has 2 N–H and O–H groups in total. The Morgan fingerprint density at radius 1 is 0.538 bits per heavy atom. The molecule has 1 aliphatic heterocycles. The average molecular weight is 735 g/mol. The molecule has 2 atom stereocenters. The number of ether oxygens (including phenoxy) is 4. The van der Waals surface area contributed by atoms with Gasteiger partial charge >= 0.3 is 11.4 Å². The smallest absolute Gasteiger partial charge is 0.332 e. The minimum absolute atomic E-state index is 0.112. The number of rotatable bonds is 8. The van der Waals surface area contributed by atoms with Gasteiger partial charge in [0.2, 0.25) is 0 Å². The summed E-state index contributed by atoms with van der Waals surface area (Å²) in [5, 5.41) is 22.0. The number of aliphatic hydroxyl groups excluding tert-OH is 2. The van der Waals surface area contributed by atoms with Crippen LogP contribution in [0.25, 0.3) is 22.3 Å². The van der Waals surface area contributed by atoms with Gasteiger partial charge in [0, 0.05) is 67.5 Å². The lowest BCUT2D eigenvalue weighted by molar-refractivity contribution is -0.00383. The Morgan fingerprint density at radius 2 is 0.865 bits per heavy atom. The zero-order valence-electron chi connectivity index (χ0n) is 30.3. The molecule has 5 rings (SSSR count). The maximum Gasteiger partial charge on any atom is 0.332 e.